The molecule has 2 aliphatic rings. The minimum atomic E-state index is 0.184. The molecule has 0 N–H and O–H groups in total. The van der Waals surface area contributed by atoms with E-state index in [0.29, 0.717) is 12.1 Å². The van der Waals surface area contributed by atoms with E-state index in [1.807, 2.05) is 6.07 Å². The second kappa shape index (κ2) is 7.56. The van der Waals surface area contributed by atoms with Crippen LogP contribution in [0.5, 0.6) is 5.75 Å². The lowest BCUT2D eigenvalue weighted by atomic mass is 10.0. The van der Waals surface area contributed by atoms with Crippen LogP contribution in [0.4, 0.5) is 0 Å². The number of hydrogen-bond donors (Lipinski definition) is 0. The van der Waals surface area contributed by atoms with E-state index < -0.39 is 0 Å². The Hall–Kier alpha value is -1.55. The molecule has 2 atom stereocenters. The van der Waals surface area contributed by atoms with Crippen molar-refractivity contribution in [2.24, 2.45) is 0 Å². The zero-order valence-electron chi connectivity index (χ0n) is 15.2. The van der Waals surface area contributed by atoms with E-state index in [2.05, 4.69) is 41.8 Å². The first-order valence-electron chi connectivity index (χ1n) is 9.32. The molecule has 0 radical (unpaired) electrons. The van der Waals surface area contributed by atoms with Gasteiger partial charge in [0.05, 0.1) is 6.10 Å². The second-order valence-corrected chi connectivity index (χ2v) is 7.38. The molecule has 132 valence electrons. The summed E-state index contributed by atoms with van der Waals surface area (Å²) in [6.07, 6.45) is 4.89. The van der Waals surface area contributed by atoms with Crippen molar-refractivity contribution in [3.05, 3.63) is 29.8 Å². The van der Waals surface area contributed by atoms with Crippen molar-refractivity contribution in [2.75, 3.05) is 13.1 Å². The molecule has 2 aliphatic heterocycles. The standard InChI is InChI=1S/C20H30N2O2/c1-15(2)24-20-11-5-4-8-17(20)14-21-12-6-9-18(21)19-10-7-13-22(19)16(3)23/h4-5,8,11,15,18-19H,6-7,9-10,12-14H2,1-3H3. The van der Waals surface area contributed by atoms with Gasteiger partial charge in [0, 0.05) is 37.7 Å². The van der Waals surface area contributed by atoms with Gasteiger partial charge in [0.15, 0.2) is 0 Å². The molecule has 2 unspecified atom stereocenters. The van der Waals surface area contributed by atoms with E-state index in [4.69, 9.17) is 4.74 Å². The molecule has 1 aromatic rings. The Kier molecular flexibility index (Phi) is 5.44. The highest BCUT2D eigenvalue weighted by atomic mass is 16.5. The van der Waals surface area contributed by atoms with Gasteiger partial charge in [-0.1, -0.05) is 18.2 Å². The summed E-state index contributed by atoms with van der Waals surface area (Å²) in [6.45, 7) is 8.80. The zero-order valence-corrected chi connectivity index (χ0v) is 15.2. The molecule has 1 aromatic carbocycles. The third kappa shape index (κ3) is 3.75. The van der Waals surface area contributed by atoms with Gasteiger partial charge in [-0.25, -0.2) is 0 Å². The number of rotatable bonds is 5. The molecule has 0 spiro atoms. The number of para-hydroxylation sites is 1. The van der Waals surface area contributed by atoms with Gasteiger partial charge in [0.1, 0.15) is 5.75 Å². The molecule has 1 amide bonds. The fourth-order valence-corrected chi connectivity index (χ4v) is 4.29. The van der Waals surface area contributed by atoms with Gasteiger partial charge in [0.2, 0.25) is 5.91 Å². The molecule has 2 saturated heterocycles. The van der Waals surface area contributed by atoms with Gasteiger partial charge in [-0.05, 0) is 52.1 Å². The molecule has 4 nitrogen and oxygen atoms in total. The van der Waals surface area contributed by atoms with E-state index in [1.165, 1.54) is 18.4 Å². The van der Waals surface area contributed by atoms with Crippen LogP contribution in [0.1, 0.15) is 52.0 Å². The van der Waals surface area contributed by atoms with Crippen LogP contribution < -0.4 is 4.74 Å². The van der Waals surface area contributed by atoms with Gasteiger partial charge >= 0.3 is 0 Å². The first kappa shape index (κ1) is 17.3. The molecule has 0 saturated carbocycles. The van der Waals surface area contributed by atoms with Crippen LogP contribution in [0, 0.1) is 0 Å². The summed E-state index contributed by atoms with van der Waals surface area (Å²) in [7, 11) is 0. The van der Waals surface area contributed by atoms with Crippen LogP contribution in [-0.4, -0.2) is 47.0 Å². The second-order valence-electron chi connectivity index (χ2n) is 7.38. The molecule has 2 heterocycles. The van der Waals surface area contributed by atoms with Crippen LogP contribution in [0.25, 0.3) is 0 Å². The Bertz CT molecular complexity index is 573. The maximum Gasteiger partial charge on any atom is 0.219 e. The lowest BCUT2D eigenvalue weighted by Crippen LogP contribution is -2.47. The van der Waals surface area contributed by atoms with E-state index in [9.17, 15) is 4.79 Å². The van der Waals surface area contributed by atoms with Crippen LogP contribution in [0.15, 0.2) is 24.3 Å². The van der Waals surface area contributed by atoms with E-state index in [-0.39, 0.29) is 12.0 Å². The molecule has 24 heavy (non-hydrogen) atoms. The fourth-order valence-electron chi connectivity index (χ4n) is 4.29. The Balaban J connectivity index is 1.74. The van der Waals surface area contributed by atoms with Crippen LogP contribution >= 0.6 is 0 Å². The average molecular weight is 330 g/mol. The highest BCUT2D eigenvalue weighted by Gasteiger charge is 2.38. The molecule has 0 bridgehead atoms. The number of carbonyl (C=O) groups is 1. The van der Waals surface area contributed by atoms with Crippen LogP contribution in [0.2, 0.25) is 0 Å². The summed E-state index contributed by atoms with van der Waals surface area (Å²) in [5.74, 6) is 1.22. The maximum absolute atomic E-state index is 11.9. The quantitative estimate of drug-likeness (QED) is 0.829. The van der Waals surface area contributed by atoms with Crippen molar-refractivity contribution in [1.29, 1.82) is 0 Å². The summed E-state index contributed by atoms with van der Waals surface area (Å²) < 4.78 is 5.98. The number of benzene rings is 1. The summed E-state index contributed by atoms with van der Waals surface area (Å²) in [5.41, 5.74) is 1.26. The molecule has 0 aromatic heterocycles. The predicted octanol–water partition coefficient (Wildman–Crippen LogP) is 3.45. The summed E-state index contributed by atoms with van der Waals surface area (Å²) >= 11 is 0. The largest absolute Gasteiger partial charge is 0.491 e. The number of carbonyl (C=O) groups excluding carboxylic acids is 1. The van der Waals surface area contributed by atoms with Crippen molar-refractivity contribution >= 4 is 5.91 Å². The highest BCUT2D eigenvalue weighted by Crippen LogP contribution is 2.32. The Labute approximate surface area is 145 Å². The number of likely N-dealkylation sites (tertiary alicyclic amines) is 2. The van der Waals surface area contributed by atoms with Gasteiger partial charge in [-0.2, -0.15) is 0 Å². The summed E-state index contributed by atoms with van der Waals surface area (Å²) in [6, 6.07) is 9.25. The van der Waals surface area contributed by atoms with Gasteiger partial charge < -0.3 is 9.64 Å². The normalized spacial score (nSPS) is 24.8. The summed E-state index contributed by atoms with van der Waals surface area (Å²) in [4.78, 5) is 16.6. The number of ether oxygens (including phenoxy) is 1. The Morgan fingerprint density at radius 1 is 1.17 bits per heavy atom. The Morgan fingerprint density at radius 2 is 1.88 bits per heavy atom. The van der Waals surface area contributed by atoms with E-state index in [0.717, 1.165) is 38.2 Å². The molecular weight excluding hydrogens is 300 g/mol. The number of amides is 1. The monoisotopic (exact) mass is 330 g/mol. The molecular formula is C20H30N2O2. The first-order valence-corrected chi connectivity index (χ1v) is 9.32. The molecule has 2 fully saturated rings. The number of nitrogens with zero attached hydrogens (tertiary/aromatic N) is 2. The van der Waals surface area contributed by atoms with Gasteiger partial charge in [-0.3, -0.25) is 9.69 Å². The lowest BCUT2D eigenvalue weighted by Gasteiger charge is -2.35. The van der Waals surface area contributed by atoms with Gasteiger partial charge in [0.25, 0.3) is 0 Å². The van der Waals surface area contributed by atoms with Crippen molar-refractivity contribution in [2.45, 2.75) is 71.2 Å². The van der Waals surface area contributed by atoms with Crippen LogP contribution in [0.3, 0.4) is 0 Å². The Morgan fingerprint density at radius 3 is 2.62 bits per heavy atom. The first-order chi connectivity index (χ1) is 11.6. The average Bonchev–Trinajstić information content (AvgIpc) is 3.17. The third-order valence-corrected chi connectivity index (χ3v) is 5.27. The van der Waals surface area contributed by atoms with E-state index >= 15 is 0 Å². The third-order valence-electron chi connectivity index (χ3n) is 5.27. The van der Waals surface area contributed by atoms with Gasteiger partial charge in [-0.15, -0.1) is 0 Å². The zero-order chi connectivity index (χ0) is 17.1. The smallest absolute Gasteiger partial charge is 0.219 e. The molecule has 4 heteroatoms. The molecule has 3 rings (SSSR count). The fraction of sp³-hybridized carbons (Fsp3) is 0.650. The van der Waals surface area contributed by atoms with Crippen molar-refractivity contribution in [3.8, 4) is 5.75 Å². The molecule has 0 aliphatic carbocycles. The van der Waals surface area contributed by atoms with Crippen LogP contribution in [-0.2, 0) is 11.3 Å². The van der Waals surface area contributed by atoms with Crippen molar-refractivity contribution < 1.29 is 9.53 Å². The number of hydrogen-bond acceptors (Lipinski definition) is 3. The predicted molar refractivity (Wildman–Crippen MR) is 96.0 cm³/mol. The topological polar surface area (TPSA) is 32.8 Å². The maximum atomic E-state index is 11.9. The van der Waals surface area contributed by atoms with Crippen molar-refractivity contribution in [3.63, 3.8) is 0 Å². The minimum absolute atomic E-state index is 0.184. The van der Waals surface area contributed by atoms with Crippen molar-refractivity contribution in [1.82, 2.24) is 9.80 Å². The SMILES string of the molecule is CC(=O)N1CCCC1C1CCCN1Cc1ccccc1OC(C)C. The highest BCUT2D eigenvalue weighted by molar-refractivity contribution is 5.74. The summed E-state index contributed by atoms with van der Waals surface area (Å²) in [5, 5.41) is 0. The van der Waals surface area contributed by atoms with E-state index in [1.54, 1.807) is 6.92 Å². The minimum Gasteiger partial charge on any atom is -0.491 e. The lowest BCUT2D eigenvalue weighted by molar-refractivity contribution is -0.130.